The van der Waals surface area contributed by atoms with E-state index in [0.29, 0.717) is 18.0 Å². The molecule has 0 fully saturated rings. The van der Waals surface area contributed by atoms with Crippen molar-refractivity contribution in [3.63, 3.8) is 0 Å². The lowest BCUT2D eigenvalue weighted by molar-refractivity contribution is -0.385. The van der Waals surface area contributed by atoms with Crippen molar-refractivity contribution in [3.05, 3.63) is 28.3 Å². The van der Waals surface area contributed by atoms with E-state index in [1.165, 1.54) is 0 Å². The van der Waals surface area contributed by atoms with Crippen molar-refractivity contribution >= 4 is 11.4 Å². The molecule has 106 valence electrons. The van der Waals surface area contributed by atoms with Crippen molar-refractivity contribution in [2.75, 3.05) is 11.9 Å². The Morgan fingerprint density at radius 1 is 1.32 bits per heavy atom. The summed E-state index contributed by atoms with van der Waals surface area (Å²) < 4.78 is 5.46. The average molecular weight is 266 g/mol. The SMILES string of the molecule is CCCOc1cccc(NC(CC)CC)c1[N+](=O)[O-]. The van der Waals surface area contributed by atoms with Gasteiger partial charge in [-0.2, -0.15) is 0 Å². The molecule has 0 heterocycles. The summed E-state index contributed by atoms with van der Waals surface area (Å²) in [7, 11) is 0. The predicted octanol–water partition coefficient (Wildman–Crippen LogP) is 3.98. The molecule has 1 rings (SSSR count). The molecule has 0 atom stereocenters. The molecule has 19 heavy (non-hydrogen) atoms. The predicted molar refractivity (Wildman–Crippen MR) is 76.9 cm³/mol. The van der Waals surface area contributed by atoms with Gasteiger partial charge in [0.2, 0.25) is 0 Å². The minimum absolute atomic E-state index is 0.0304. The topological polar surface area (TPSA) is 64.4 Å². The van der Waals surface area contributed by atoms with Crippen LogP contribution in [0.5, 0.6) is 5.75 Å². The Morgan fingerprint density at radius 3 is 2.53 bits per heavy atom. The molecule has 1 N–H and O–H groups in total. The molecule has 0 bridgehead atoms. The van der Waals surface area contributed by atoms with Crippen LogP contribution < -0.4 is 10.1 Å². The summed E-state index contributed by atoms with van der Waals surface area (Å²) in [6.45, 7) is 6.57. The highest BCUT2D eigenvalue weighted by atomic mass is 16.6. The molecule has 0 aromatic heterocycles. The van der Waals surface area contributed by atoms with Crippen LogP contribution in [0.3, 0.4) is 0 Å². The summed E-state index contributed by atoms with van der Waals surface area (Å²) in [6, 6.07) is 5.39. The molecule has 5 nitrogen and oxygen atoms in total. The second kappa shape index (κ2) is 7.61. The molecule has 0 spiro atoms. The van der Waals surface area contributed by atoms with E-state index < -0.39 is 0 Å². The Balaban J connectivity index is 3.05. The number of anilines is 1. The Hall–Kier alpha value is -1.78. The monoisotopic (exact) mass is 266 g/mol. The number of hydrogen-bond donors (Lipinski definition) is 1. The van der Waals surface area contributed by atoms with Gasteiger partial charge in [0.25, 0.3) is 0 Å². The van der Waals surface area contributed by atoms with Gasteiger partial charge in [-0.15, -0.1) is 0 Å². The largest absolute Gasteiger partial charge is 0.487 e. The molecule has 1 aromatic carbocycles. The van der Waals surface area contributed by atoms with Gasteiger partial charge >= 0.3 is 5.69 Å². The first kappa shape index (κ1) is 15.3. The van der Waals surface area contributed by atoms with Gasteiger partial charge in [0.15, 0.2) is 5.75 Å². The number of benzene rings is 1. The third-order valence-corrected chi connectivity index (χ3v) is 2.99. The number of ether oxygens (including phenoxy) is 1. The van der Waals surface area contributed by atoms with Crippen LogP contribution in [0.1, 0.15) is 40.0 Å². The maximum atomic E-state index is 11.2. The van der Waals surface area contributed by atoms with Crippen LogP contribution in [0.25, 0.3) is 0 Å². The molecule has 0 aliphatic carbocycles. The van der Waals surface area contributed by atoms with Crippen molar-refractivity contribution in [1.82, 2.24) is 0 Å². The van der Waals surface area contributed by atoms with Gasteiger partial charge < -0.3 is 10.1 Å². The fourth-order valence-corrected chi connectivity index (χ4v) is 1.87. The van der Waals surface area contributed by atoms with Crippen molar-refractivity contribution in [1.29, 1.82) is 0 Å². The lowest BCUT2D eigenvalue weighted by Crippen LogP contribution is -2.18. The van der Waals surface area contributed by atoms with Gasteiger partial charge in [-0.25, -0.2) is 0 Å². The zero-order chi connectivity index (χ0) is 14.3. The molecule has 0 saturated carbocycles. The maximum absolute atomic E-state index is 11.2. The molecule has 5 heteroatoms. The molecule has 1 aromatic rings. The molecule has 0 radical (unpaired) electrons. The number of hydrogen-bond acceptors (Lipinski definition) is 4. The van der Waals surface area contributed by atoms with Crippen LogP contribution in [0.2, 0.25) is 0 Å². The van der Waals surface area contributed by atoms with Gasteiger partial charge in [-0.3, -0.25) is 10.1 Å². The zero-order valence-corrected chi connectivity index (χ0v) is 11.8. The first-order chi connectivity index (χ1) is 9.13. The van der Waals surface area contributed by atoms with Crippen LogP contribution in [-0.2, 0) is 0 Å². The van der Waals surface area contributed by atoms with E-state index in [1.807, 2.05) is 6.92 Å². The van der Waals surface area contributed by atoms with E-state index in [2.05, 4.69) is 19.2 Å². The fraction of sp³-hybridized carbons (Fsp3) is 0.571. The van der Waals surface area contributed by atoms with E-state index in [4.69, 9.17) is 4.74 Å². The highest BCUT2D eigenvalue weighted by molar-refractivity contribution is 5.68. The number of nitrogens with one attached hydrogen (secondary N) is 1. The quantitative estimate of drug-likeness (QED) is 0.571. The van der Waals surface area contributed by atoms with Crippen molar-refractivity contribution in [3.8, 4) is 5.75 Å². The summed E-state index contributed by atoms with van der Waals surface area (Å²) in [5, 5.41) is 14.5. The summed E-state index contributed by atoms with van der Waals surface area (Å²) in [5.41, 5.74) is 0.565. The molecule has 0 unspecified atom stereocenters. The van der Waals surface area contributed by atoms with Gasteiger partial charge in [0.1, 0.15) is 5.69 Å². The second-order valence-electron chi connectivity index (χ2n) is 4.42. The number of nitro benzene ring substituents is 1. The summed E-state index contributed by atoms with van der Waals surface area (Å²) in [6.07, 6.45) is 2.67. The Morgan fingerprint density at radius 2 is 2.00 bits per heavy atom. The number of rotatable bonds is 8. The normalized spacial score (nSPS) is 10.5. The van der Waals surface area contributed by atoms with Crippen LogP contribution in [0, 0.1) is 10.1 Å². The fourth-order valence-electron chi connectivity index (χ4n) is 1.87. The van der Waals surface area contributed by atoms with Crippen LogP contribution >= 0.6 is 0 Å². The van der Waals surface area contributed by atoms with Crippen LogP contribution in [0.4, 0.5) is 11.4 Å². The van der Waals surface area contributed by atoms with E-state index >= 15 is 0 Å². The molecule has 0 amide bonds. The molecular formula is C14H22N2O3. The zero-order valence-electron chi connectivity index (χ0n) is 11.8. The van der Waals surface area contributed by atoms with Gasteiger partial charge in [-0.1, -0.05) is 26.8 Å². The first-order valence-electron chi connectivity index (χ1n) is 6.80. The third kappa shape index (κ3) is 4.12. The first-order valence-corrected chi connectivity index (χ1v) is 6.80. The molecule has 0 aliphatic rings. The molecular weight excluding hydrogens is 244 g/mol. The van der Waals surface area contributed by atoms with Gasteiger partial charge in [0.05, 0.1) is 11.5 Å². The number of nitrogens with zero attached hydrogens (tertiary/aromatic N) is 1. The number of nitro groups is 1. The standard InChI is InChI=1S/C14H22N2O3/c1-4-10-19-13-9-7-8-12(14(13)16(17)18)15-11(5-2)6-3/h7-9,11,15H,4-6,10H2,1-3H3. The van der Waals surface area contributed by atoms with E-state index in [-0.39, 0.29) is 16.7 Å². The molecule has 0 saturated heterocycles. The van der Waals surface area contributed by atoms with Crippen molar-refractivity contribution < 1.29 is 9.66 Å². The highest BCUT2D eigenvalue weighted by Crippen LogP contribution is 2.35. The second-order valence-corrected chi connectivity index (χ2v) is 4.42. The van der Waals surface area contributed by atoms with E-state index in [1.54, 1.807) is 18.2 Å². The van der Waals surface area contributed by atoms with Gasteiger partial charge in [0, 0.05) is 6.04 Å². The average Bonchev–Trinajstić information content (AvgIpc) is 2.42. The van der Waals surface area contributed by atoms with Crippen molar-refractivity contribution in [2.24, 2.45) is 0 Å². The van der Waals surface area contributed by atoms with Crippen LogP contribution in [-0.4, -0.2) is 17.6 Å². The smallest absolute Gasteiger partial charge is 0.333 e. The lowest BCUT2D eigenvalue weighted by Gasteiger charge is -2.17. The summed E-state index contributed by atoms with van der Waals surface area (Å²) in [5.74, 6) is 0.336. The van der Waals surface area contributed by atoms with E-state index in [9.17, 15) is 10.1 Å². The molecule has 0 aliphatic heterocycles. The van der Waals surface area contributed by atoms with Gasteiger partial charge in [-0.05, 0) is 31.4 Å². The minimum atomic E-state index is -0.379. The Kier molecular flexibility index (Phi) is 6.12. The maximum Gasteiger partial charge on any atom is 0.333 e. The summed E-state index contributed by atoms with van der Waals surface area (Å²) >= 11 is 0. The summed E-state index contributed by atoms with van der Waals surface area (Å²) in [4.78, 5) is 10.9. The Bertz CT molecular complexity index is 417. The Labute approximate surface area is 114 Å². The lowest BCUT2D eigenvalue weighted by atomic mass is 10.1. The third-order valence-electron chi connectivity index (χ3n) is 2.99. The van der Waals surface area contributed by atoms with Crippen LogP contribution in [0.15, 0.2) is 18.2 Å². The number of para-hydroxylation sites is 1. The van der Waals surface area contributed by atoms with E-state index in [0.717, 1.165) is 19.3 Å². The van der Waals surface area contributed by atoms with Crippen molar-refractivity contribution in [2.45, 2.75) is 46.1 Å². The minimum Gasteiger partial charge on any atom is -0.487 e. The highest BCUT2D eigenvalue weighted by Gasteiger charge is 2.22.